The minimum Gasteiger partial charge on any atom is -0.479 e. The number of carboxylic acids is 1. The van der Waals surface area contributed by atoms with Crippen molar-refractivity contribution >= 4 is 46.9 Å². The number of carboxylic acid groups (broad SMARTS) is 1. The Morgan fingerprint density at radius 1 is 1.17 bits per heavy atom. The number of imidazole rings is 1. The molecule has 2 heterocycles. The number of nitrogens with one attached hydrogen (secondary N) is 4. The molecule has 14 heteroatoms. The number of benzene rings is 2. The summed E-state index contributed by atoms with van der Waals surface area (Å²) >= 11 is 6.47. The summed E-state index contributed by atoms with van der Waals surface area (Å²) in [6.45, 7) is 0.662. The van der Waals surface area contributed by atoms with Gasteiger partial charge < -0.3 is 25.5 Å². The highest BCUT2D eigenvalue weighted by molar-refractivity contribution is 6.32. The molecular formula is C27H24ClF2N5O6. The third-order valence-electron chi connectivity index (χ3n) is 5.93. The average Bonchev–Trinajstić information content (AvgIpc) is 3.27. The molecule has 1 aliphatic rings. The molecule has 1 aromatic heterocycles. The fourth-order valence-corrected chi connectivity index (χ4v) is 4.33. The Labute approximate surface area is 236 Å². The van der Waals surface area contributed by atoms with E-state index in [-0.39, 0.29) is 46.8 Å². The first kappa shape index (κ1) is 29.2. The number of aliphatic carboxylic acids is 1. The largest absolute Gasteiger partial charge is 0.479 e. The van der Waals surface area contributed by atoms with Crippen molar-refractivity contribution in [1.29, 1.82) is 0 Å². The number of amides is 3. The number of nitrogens with zero attached hydrogens (tertiary/aromatic N) is 1. The summed E-state index contributed by atoms with van der Waals surface area (Å²) in [5, 5.41) is 16.4. The molecule has 0 spiro atoms. The van der Waals surface area contributed by atoms with E-state index in [4.69, 9.17) is 16.7 Å². The lowest BCUT2D eigenvalue weighted by atomic mass is 10.1. The van der Waals surface area contributed by atoms with Gasteiger partial charge in [0.15, 0.2) is 6.61 Å². The summed E-state index contributed by atoms with van der Waals surface area (Å²) in [5.74, 6) is -4.50. The van der Waals surface area contributed by atoms with Gasteiger partial charge in [0.05, 0.1) is 11.7 Å². The van der Waals surface area contributed by atoms with Crippen LogP contribution in [0.4, 0.5) is 25.0 Å². The molecule has 0 radical (unpaired) electrons. The molecule has 41 heavy (non-hydrogen) atoms. The molecule has 3 aromatic rings. The van der Waals surface area contributed by atoms with Crippen LogP contribution < -0.4 is 16.0 Å². The van der Waals surface area contributed by atoms with Gasteiger partial charge in [-0.25, -0.2) is 23.4 Å². The summed E-state index contributed by atoms with van der Waals surface area (Å²) in [5.41, 5.74) is 0.528. The number of H-pyrrole nitrogens is 1. The molecule has 2 bridgehead atoms. The number of aromatic nitrogens is 2. The number of allylic oxidation sites excluding steroid dienone is 1. The van der Waals surface area contributed by atoms with Crippen molar-refractivity contribution in [3.63, 3.8) is 0 Å². The predicted octanol–water partition coefficient (Wildman–Crippen LogP) is 5.10. The number of anilines is 2. The number of aryl methyl sites for hydroxylation is 1. The van der Waals surface area contributed by atoms with Crippen molar-refractivity contribution in [1.82, 2.24) is 15.3 Å². The Balaban J connectivity index is 1.68. The van der Waals surface area contributed by atoms with Crippen LogP contribution in [-0.2, 0) is 14.3 Å². The molecule has 4 rings (SSSR count). The van der Waals surface area contributed by atoms with Crippen molar-refractivity contribution < 1.29 is 37.8 Å². The number of rotatable bonds is 5. The van der Waals surface area contributed by atoms with Gasteiger partial charge in [-0.05, 0) is 55.7 Å². The fourth-order valence-electron chi connectivity index (χ4n) is 4.09. The van der Waals surface area contributed by atoms with Crippen LogP contribution in [0.2, 0.25) is 5.15 Å². The quantitative estimate of drug-likeness (QED) is 0.259. The Kier molecular flexibility index (Phi) is 8.97. The lowest BCUT2D eigenvalue weighted by molar-refractivity contribution is -0.140. The van der Waals surface area contributed by atoms with E-state index in [0.717, 1.165) is 12.1 Å². The standard InChI is InChI=1S/C27H24ClF2N5O6/c1-13-9-16(29)22(17(30)10-13)26(39)33-18-5-3-2-4-6-20(36)32-19-11-14(31-27(40)41-12-21(37)38)7-8-15(19)23-24(28)35-25(18)34-23/h2-3,7-11,18H,4-6,12H2,1H3,(H,31,40)(H,32,36)(H,33,39)(H,34,35)(H,37,38)/t18-/m0/s1. The number of carbonyl (C=O) groups excluding carboxylic acids is 3. The van der Waals surface area contributed by atoms with Crippen LogP contribution in [0.1, 0.15) is 47.1 Å². The van der Waals surface area contributed by atoms with Gasteiger partial charge in [-0.1, -0.05) is 23.8 Å². The number of hydrogen-bond acceptors (Lipinski definition) is 6. The molecule has 0 saturated heterocycles. The maximum atomic E-state index is 14.5. The van der Waals surface area contributed by atoms with Crippen molar-refractivity contribution in [2.24, 2.45) is 0 Å². The average molecular weight is 588 g/mol. The van der Waals surface area contributed by atoms with E-state index in [1.165, 1.54) is 25.1 Å². The van der Waals surface area contributed by atoms with Crippen molar-refractivity contribution in [3.05, 3.63) is 76.2 Å². The topological polar surface area (TPSA) is 163 Å². The zero-order valence-electron chi connectivity index (χ0n) is 21.5. The summed E-state index contributed by atoms with van der Waals surface area (Å²) in [6, 6.07) is 5.62. The first-order chi connectivity index (χ1) is 19.5. The number of halogens is 3. The second-order valence-electron chi connectivity index (χ2n) is 9.06. The first-order valence-electron chi connectivity index (χ1n) is 12.3. The molecule has 0 unspecified atom stereocenters. The van der Waals surface area contributed by atoms with E-state index in [9.17, 15) is 28.0 Å². The van der Waals surface area contributed by atoms with Crippen LogP contribution in [0, 0.1) is 18.6 Å². The number of carbonyl (C=O) groups is 4. The fraction of sp³-hybridized carbons (Fsp3) is 0.222. The van der Waals surface area contributed by atoms with Crippen LogP contribution in [0.5, 0.6) is 0 Å². The van der Waals surface area contributed by atoms with Gasteiger partial charge in [0, 0.05) is 17.7 Å². The Hall–Kier alpha value is -4.78. The number of ether oxygens (including phenoxy) is 1. The Bertz CT molecular complexity index is 1530. The summed E-state index contributed by atoms with van der Waals surface area (Å²) in [4.78, 5) is 55.5. The highest BCUT2D eigenvalue weighted by atomic mass is 35.5. The Morgan fingerprint density at radius 3 is 2.61 bits per heavy atom. The monoisotopic (exact) mass is 587 g/mol. The predicted molar refractivity (Wildman–Crippen MR) is 145 cm³/mol. The maximum Gasteiger partial charge on any atom is 0.412 e. The molecule has 0 fully saturated rings. The molecule has 1 aliphatic heterocycles. The molecule has 5 N–H and O–H groups in total. The normalized spacial score (nSPS) is 14.9. The molecule has 3 amide bonds. The zero-order valence-corrected chi connectivity index (χ0v) is 22.3. The second kappa shape index (κ2) is 12.6. The van der Waals surface area contributed by atoms with Gasteiger partial charge >= 0.3 is 12.1 Å². The highest BCUT2D eigenvalue weighted by Crippen LogP contribution is 2.35. The molecular weight excluding hydrogens is 564 g/mol. The van der Waals surface area contributed by atoms with Gasteiger partial charge in [0.2, 0.25) is 5.91 Å². The van der Waals surface area contributed by atoms with Gasteiger partial charge in [-0.15, -0.1) is 0 Å². The minimum atomic E-state index is -1.33. The van der Waals surface area contributed by atoms with Crippen LogP contribution in [0.25, 0.3) is 11.3 Å². The lowest BCUT2D eigenvalue weighted by Crippen LogP contribution is -2.30. The van der Waals surface area contributed by atoms with Crippen molar-refractivity contribution in [2.45, 2.75) is 32.2 Å². The van der Waals surface area contributed by atoms with E-state index >= 15 is 0 Å². The molecule has 1 atom stereocenters. The van der Waals surface area contributed by atoms with E-state index in [1.807, 2.05) is 0 Å². The van der Waals surface area contributed by atoms with Gasteiger partial charge in [-0.3, -0.25) is 14.9 Å². The van der Waals surface area contributed by atoms with E-state index in [1.54, 1.807) is 12.2 Å². The van der Waals surface area contributed by atoms with Gasteiger partial charge in [-0.2, -0.15) is 0 Å². The SMILES string of the molecule is Cc1cc(F)c(C(=O)N[C@H]2CC=CCCC(=O)Nc3cc(NC(=O)OCC(=O)O)ccc3-c3nc2[nH]c3Cl)c(F)c1. The Morgan fingerprint density at radius 2 is 1.90 bits per heavy atom. The van der Waals surface area contributed by atoms with Crippen molar-refractivity contribution in [2.75, 3.05) is 17.2 Å². The zero-order chi connectivity index (χ0) is 29.7. The van der Waals surface area contributed by atoms with Crippen LogP contribution >= 0.6 is 11.6 Å². The van der Waals surface area contributed by atoms with Crippen LogP contribution in [-0.4, -0.2) is 45.6 Å². The molecule has 0 saturated carbocycles. The maximum absolute atomic E-state index is 14.5. The summed E-state index contributed by atoms with van der Waals surface area (Å²) in [7, 11) is 0. The highest BCUT2D eigenvalue weighted by Gasteiger charge is 2.26. The lowest BCUT2D eigenvalue weighted by Gasteiger charge is -2.16. The summed E-state index contributed by atoms with van der Waals surface area (Å²) in [6.07, 6.45) is 2.99. The van der Waals surface area contributed by atoms with E-state index in [2.05, 4.69) is 30.7 Å². The van der Waals surface area contributed by atoms with Gasteiger partial charge in [0.1, 0.15) is 33.9 Å². The molecule has 2 aromatic carbocycles. The molecule has 11 nitrogen and oxygen atoms in total. The second-order valence-corrected chi connectivity index (χ2v) is 9.44. The van der Waals surface area contributed by atoms with Crippen molar-refractivity contribution in [3.8, 4) is 11.3 Å². The smallest absolute Gasteiger partial charge is 0.412 e. The molecule has 214 valence electrons. The third-order valence-corrected chi connectivity index (χ3v) is 6.20. The van der Waals surface area contributed by atoms with E-state index in [0.29, 0.717) is 17.5 Å². The first-order valence-corrected chi connectivity index (χ1v) is 12.7. The van der Waals surface area contributed by atoms with Crippen LogP contribution in [0.15, 0.2) is 42.5 Å². The summed E-state index contributed by atoms with van der Waals surface area (Å²) < 4.78 is 33.5. The minimum absolute atomic E-state index is 0.0464. The molecule has 0 aliphatic carbocycles. The number of fused-ring (bicyclic) bond motifs is 4. The van der Waals surface area contributed by atoms with E-state index < -0.39 is 47.8 Å². The van der Waals surface area contributed by atoms with Crippen LogP contribution in [0.3, 0.4) is 0 Å². The number of hydrogen-bond donors (Lipinski definition) is 5. The van der Waals surface area contributed by atoms with Gasteiger partial charge in [0.25, 0.3) is 5.91 Å². The number of aromatic amines is 1. The third kappa shape index (κ3) is 7.25.